The van der Waals surface area contributed by atoms with E-state index in [1.807, 2.05) is 18.2 Å². The highest BCUT2D eigenvalue weighted by Crippen LogP contribution is 2.20. The number of nitrogens with two attached hydrogens (primary N) is 1. The van der Waals surface area contributed by atoms with Gasteiger partial charge in [0, 0.05) is 25.8 Å². The molecule has 0 unspecified atom stereocenters. The summed E-state index contributed by atoms with van der Waals surface area (Å²) < 4.78 is 22.7. The summed E-state index contributed by atoms with van der Waals surface area (Å²) in [4.78, 5) is 6.51. The molecule has 0 aliphatic heterocycles. The highest BCUT2D eigenvalue weighted by Gasteiger charge is 2.11. The predicted molar refractivity (Wildman–Crippen MR) is 97.7 cm³/mol. The Morgan fingerprint density at radius 1 is 1.24 bits per heavy atom. The Morgan fingerprint density at radius 3 is 2.48 bits per heavy atom. The van der Waals surface area contributed by atoms with Gasteiger partial charge in [0.05, 0.1) is 16.1 Å². The van der Waals surface area contributed by atoms with Gasteiger partial charge in [-0.2, -0.15) is 5.26 Å². The lowest BCUT2D eigenvalue weighted by atomic mass is 10.2. The highest BCUT2D eigenvalue weighted by atomic mass is 32.2. The fourth-order valence-corrected chi connectivity index (χ4v) is 2.94. The molecule has 0 atom stereocenters. The summed E-state index contributed by atoms with van der Waals surface area (Å²) in [7, 11) is -3.83. The van der Waals surface area contributed by atoms with E-state index in [-0.39, 0.29) is 10.5 Å². The summed E-state index contributed by atoms with van der Waals surface area (Å²) >= 11 is 0. The summed E-state index contributed by atoms with van der Waals surface area (Å²) in [6.45, 7) is 6.41. The van der Waals surface area contributed by atoms with E-state index in [9.17, 15) is 13.7 Å². The zero-order valence-corrected chi connectivity index (χ0v) is 15.0. The van der Waals surface area contributed by atoms with Crippen LogP contribution in [0, 0.1) is 11.3 Å². The van der Waals surface area contributed by atoms with Crippen molar-refractivity contribution in [3.05, 3.63) is 47.7 Å². The van der Waals surface area contributed by atoms with Crippen molar-refractivity contribution in [1.29, 1.82) is 5.26 Å². The quantitative estimate of drug-likeness (QED) is 0.782. The molecule has 0 saturated carbocycles. The van der Waals surface area contributed by atoms with E-state index in [1.54, 1.807) is 6.20 Å². The fraction of sp³-hybridized carbons (Fsp3) is 0.294. The third kappa shape index (κ3) is 4.68. The first-order valence-corrected chi connectivity index (χ1v) is 9.44. The molecule has 2 aromatic rings. The second-order valence-corrected chi connectivity index (χ2v) is 6.98. The van der Waals surface area contributed by atoms with Crippen LogP contribution >= 0.6 is 0 Å². The van der Waals surface area contributed by atoms with Crippen LogP contribution in [0.15, 0.2) is 41.4 Å². The van der Waals surface area contributed by atoms with Gasteiger partial charge in [-0.05, 0) is 43.7 Å². The van der Waals surface area contributed by atoms with E-state index in [2.05, 4.69) is 29.0 Å². The number of hydrogen-bond donors (Lipinski definition) is 2. The van der Waals surface area contributed by atoms with Gasteiger partial charge in [0.2, 0.25) is 10.0 Å². The van der Waals surface area contributed by atoms with Crippen molar-refractivity contribution in [2.75, 3.05) is 23.3 Å². The zero-order chi connectivity index (χ0) is 18.4. The van der Waals surface area contributed by atoms with Crippen molar-refractivity contribution in [1.82, 2.24) is 4.98 Å². The monoisotopic (exact) mass is 359 g/mol. The minimum absolute atomic E-state index is 0.0835. The predicted octanol–water partition coefficient (Wildman–Crippen LogP) is 2.06. The van der Waals surface area contributed by atoms with Gasteiger partial charge >= 0.3 is 0 Å². The Morgan fingerprint density at radius 2 is 1.96 bits per heavy atom. The molecule has 25 heavy (non-hydrogen) atoms. The SMILES string of the molecule is CCN(CC)c1ccc(CNc2ccc(S(N)(=O)=O)cc2C#N)cn1. The first-order chi connectivity index (χ1) is 11.9. The molecule has 1 aromatic carbocycles. The molecular weight excluding hydrogens is 338 g/mol. The van der Waals surface area contributed by atoms with Crippen LogP contribution in [0.5, 0.6) is 0 Å². The number of aromatic nitrogens is 1. The number of pyridine rings is 1. The molecule has 1 heterocycles. The molecule has 0 spiro atoms. The summed E-state index contributed by atoms with van der Waals surface area (Å²) in [5.74, 6) is 0.920. The number of anilines is 2. The van der Waals surface area contributed by atoms with E-state index in [0.717, 1.165) is 24.5 Å². The van der Waals surface area contributed by atoms with Crippen LogP contribution in [0.3, 0.4) is 0 Å². The Labute approximate surface area is 148 Å². The van der Waals surface area contributed by atoms with Crippen LogP contribution in [0.2, 0.25) is 0 Å². The number of sulfonamides is 1. The Bertz CT molecular complexity index is 869. The standard InChI is InChI=1S/C17H21N5O2S/c1-3-22(4-2)17-8-5-13(12-21-17)11-20-16-7-6-15(25(19,23)24)9-14(16)10-18/h5-9,12,20H,3-4,11H2,1-2H3,(H2,19,23,24). The van der Waals surface area contributed by atoms with Gasteiger partial charge in [0.25, 0.3) is 0 Å². The third-order valence-electron chi connectivity index (χ3n) is 3.82. The van der Waals surface area contributed by atoms with E-state index in [0.29, 0.717) is 12.2 Å². The van der Waals surface area contributed by atoms with Gasteiger partial charge in [-0.3, -0.25) is 0 Å². The molecule has 3 N–H and O–H groups in total. The Hall–Kier alpha value is -2.63. The molecule has 0 aliphatic rings. The van der Waals surface area contributed by atoms with E-state index in [4.69, 9.17) is 5.14 Å². The topological polar surface area (TPSA) is 112 Å². The van der Waals surface area contributed by atoms with Crippen molar-refractivity contribution in [2.24, 2.45) is 5.14 Å². The number of rotatable bonds is 7. The number of nitrogens with one attached hydrogen (secondary N) is 1. The zero-order valence-electron chi connectivity index (χ0n) is 14.2. The van der Waals surface area contributed by atoms with Gasteiger partial charge < -0.3 is 10.2 Å². The van der Waals surface area contributed by atoms with Crippen molar-refractivity contribution in [2.45, 2.75) is 25.3 Å². The highest BCUT2D eigenvalue weighted by molar-refractivity contribution is 7.89. The smallest absolute Gasteiger partial charge is 0.238 e. The Balaban J connectivity index is 2.12. The fourth-order valence-electron chi connectivity index (χ4n) is 2.40. The van der Waals surface area contributed by atoms with E-state index < -0.39 is 10.0 Å². The van der Waals surface area contributed by atoms with Crippen LogP contribution in [0.4, 0.5) is 11.5 Å². The normalized spacial score (nSPS) is 11.0. The lowest BCUT2D eigenvalue weighted by Crippen LogP contribution is -2.22. The molecule has 0 fully saturated rings. The lowest BCUT2D eigenvalue weighted by Gasteiger charge is -2.19. The average Bonchev–Trinajstić information content (AvgIpc) is 2.61. The summed E-state index contributed by atoms with van der Waals surface area (Å²) in [6.07, 6.45) is 1.78. The molecule has 7 nitrogen and oxygen atoms in total. The third-order valence-corrected chi connectivity index (χ3v) is 4.73. The molecule has 0 amide bonds. The largest absolute Gasteiger partial charge is 0.380 e. The molecular formula is C17H21N5O2S. The van der Waals surface area contributed by atoms with Crippen LogP contribution in [-0.4, -0.2) is 26.5 Å². The number of benzene rings is 1. The molecule has 2 rings (SSSR count). The van der Waals surface area contributed by atoms with Crippen LogP contribution in [-0.2, 0) is 16.6 Å². The van der Waals surface area contributed by atoms with Crippen molar-refractivity contribution in [3.63, 3.8) is 0 Å². The molecule has 0 aliphatic carbocycles. The molecule has 0 bridgehead atoms. The van der Waals surface area contributed by atoms with Gasteiger partial charge in [0.1, 0.15) is 11.9 Å². The van der Waals surface area contributed by atoms with Gasteiger partial charge in [-0.1, -0.05) is 6.07 Å². The first kappa shape index (κ1) is 18.7. The van der Waals surface area contributed by atoms with E-state index in [1.165, 1.54) is 18.2 Å². The maximum absolute atomic E-state index is 11.4. The van der Waals surface area contributed by atoms with Crippen LogP contribution in [0.1, 0.15) is 25.0 Å². The summed E-state index contributed by atoms with van der Waals surface area (Å²) in [5, 5.41) is 17.4. The second kappa shape index (κ2) is 7.96. The van der Waals surface area contributed by atoms with E-state index >= 15 is 0 Å². The molecule has 8 heteroatoms. The average molecular weight is 359 g/mol. The van der Waals surface area contributed by atoms with Crippen LogP contribution in [0.25, 0.3) is 0 Å². The van der Waals surface area contributed by atoms with Crippen molar-refractivity contribution < 1.29 is 8.42 Å². The second-order valence-electron chi connectivity index (χ2n) is 5.41. The molecule has 132 valence electrons. The molecule has 0 radical (unpaired) electrons. The number of nitriles is 1. The Kier molecular flexibility index (Phi) is 5.96. The van der Waals surface area contributed by atoms with Gasteiger partial charge in [-0.15, -0.1) is 0 Å². The number of nitrogens with zero attached hydrogens (tertiary/aromatic N) is 3. The summed E-state index contributed by atoms with van der Waals surface area (Å²) in [5.41, 5.74) is 1.72. The van der Waals surface area contributed by atoms with Crippen molar-refractivity contribution in [3.8, 4) is 6.07 Å². The molecule has 0 saturated heterocycles. The first-order valence-electron chi connectivity index (χ1n) is 7.89. The maximum Gasteiger partial charge on any atom is 0.238 e. The van der Waals surface area contributed by atoms with Crippen molar-refractivity contribution >= 4 is 21.5 Å². The van der Waals surface area contributed by atoms with Gasteiger partial charge in [0.15, 0.2) is 0 Å². The number of primary sulfonamides is 1. The maximum atomic E-state index is 11.4. The van der Waals surface area contributed by atoms with Crippen LogP contribution < -0.4 is 15.4 Å². The summed E-state index contributed by atoms with van der Waals surface area (Å²) in [6, 6.07) is 10.1. The van der Waals surface area contributed by atoms with Gasteiger partial charge in [-0.25, -0.2) is 18.5 Å². The molecule has 1 aromatic heterocycles. The minimum Gasteiger partial charge on any atom is -0.380 e. The lowest BCUT2D eigenvalue weighted by molar-refractivity contribution is 0.598. The minimum atomic E-state index is -3.83. The number of hydrogen-bond acceptors (Lipinski definition) is 6.